The van der Waals surface area contributed by atoms with Crippen LogP contribution >= 0.6 is 0 Å². The minimum Gasteiger partial charge on any atom is -0.394 e. The van der Waals surface area contributed by atoms with E-state index in [-0.39, 0.29) is 12.5 Å². The monoisotopic (exact) mass is 590 g/mol. The van der Waals surface area contributed by atoms with E-state index in [0.29, 0.717) is 6.42 Å². The molecule has 0 spiro atoms. The molecular formula is C38H71NO3. The zero-order valence-electron chi connectivity index (χ0n) is 28.0. The zero-order chi connectivity index (χ0) is 30.8. The lowest BCUT2D eigenvalue weighted by atomic mass is 10.0. The number of carbonyl (C=O) groups excluding carboxylic acids is 1. The summed E-state index contributed by atoms with van der Waals surface area (Å²) in [7, 11) is 0. The van der Waals surface area contributed by atoms with Crippen molar-refractivity contribution in [2.24, 2.45) is 0 Å². The van der Waals surface area contributed by atoms with Crippen molar-refractivity contribution in [3.05, 3.63) is 36.5 Å². The largest absolute Gasteiger partial charge is 0.394 e. The van der Waals surface area contributed by atoms with Crippen molar-refractivity contribution in [3.8, 4) is 0 Å². The summed E-state index contributed by atoms with van der Waals surface area (Å²) in [5.74, 6) is -0.0737. The molecular weight excluding hydrogens is 518 g/mol. The highest BCUT2D eigenvalue weighted by atomic mass is 16.3. The Bertz CT molecular complexity index is 642. The maximum absolute atomic E-state index is 12.2. The topological polar surface area (TPSA) is 69.6 Å². The number of hydrogen-bond donors (Lipinski definition) is 3. The molecule has 4 nitrogen and oxygen atoms in total. The molecule has 0 aliphatic carbocycles. The molecule has 3 N–H and O–H groups in total. The van der Waals surface area contributed by atoms with E-state index in [4.69, 9.17) is 0 Å². The molecule has 0 aromatic heterocycles. The molecule has 4 heteroatoms. The molecule has 0 aliphatic heterocycles. The van der Waals surface area contributed by atoms with Crippen LogP contribution in [0.4, 0.5) is 0 Å². The molecule has 1 amide bonds. The fourth-order valence-corrected chi connectivity index (χ4v) is 5.26. The van der Waals surface area contributed by atoms with Crippen LogP contribution < -0.4 is 5.32 Å². The van der Waals surface area contributed by atoms with Crippen molar-refractivity contribution in [1.82, 2.24) is 5.32 Å². The van der Waals surface area contributed by atoms with E-state index in [1.165, 1.54) is 128 Å². The van der Waals surface area contributed by atoms with Gasteiger partial charge < -0.3 is 15.5 Å². The fourth-order valence-electron chi connectivity index (χ4n) is 5.26. The number of nitrogens with one attached hydrogen (secondary N) is 1. The summed E-state index contributed by atoms with van der Waals surface area (Å²) in [5.41, 5.74) is 0. The van der Waals surface area contributed by atoms with Gasteiger partial charge in [-0.3, -0.25) is 4.79 Å². The highest BCUT2D eigenvalue weighted by molar-refractivity contribution is 5.76. The molecule has 0 aromatic carbocycles. The summed E-state index contributed by atoms with van der Waals surface area (Å²) in [6.07, 6.45) is 44.1. The second kappa shape index (κ2) is 34.1. The molecule has 42 heavy (non-hydrogen) atoms. The molecule has 0 bridgehead atoms. The molecule has 0 heterocycles. The molecule has 246 valence electrons. The number of unbranched alkanes of at least 4 members (excludes halogenated alkanes) is 21. The molecule has 2 atom stereocenters. The van der Waals surface area contributed by atoms with Crippen LogP contribution in [0, 0.1) is 0 Å². The molecule has 0 aromatic rings. The van der Waals surface area contributed by atoms with Crippen LogP contribution in [-0.4, -0.2) is 34.9 Å². The van der Waals surface area contributed by atoms with Gasteiger partial charge in [-0.25, -0.2) is 0 Å². The van der Waals surface area contributed by atoms with Gasteiger partial charge in [-0.2, -0.15) is 0 Å². The first kappa shape index (κ1) is 40.6. The second-order valence-corrected chi connectivity index (χ2v) is 12.3. The molecule has 0 rings (SSSR count). The van der Waals surface area contributed by atoms with Gasteiger partial charge in [-0.1, -0.05) is 159 Å². The minimum atomic E-state index is -0.833. The Balaban J connectivity index is 3.45. The lowest BCUT2D eigenvalue weighted by Gasteiger charge is -2.20. The Hall–Kier alpha value is -1.39. The number of aliphatic hydroxyl groups excluding tert-OH is 2. The summed E-state index contributed by atoms with van der Waals surface area (Å²) in [6, 6.07) is -0.617. The molecule has 0 aliphatic rings. The van der Waals surface area contributed by atoms with Gasteiger partial charge in [0.15, 0.2) is 0 Å². The van der Waals surface area contributed by atoms with Gasteiger partial charge in [0, 0.05) is 6.42 Å². The van der Waals surface area contributed by atoms with Gasteiger partial charge in [0.2, 0.25) is 5.91 Å². The maximum Gasteiger partial charge on any atom is 0.220 e. The third kappa shape index (κ3) is 30.1. The van der Waals surface area contributed by atoms with Crippen molar-refractivity contribution < 1.29 is 15.0 Å². The number of carbonyl (C=O) groups is 1. The highest BCUT2D eigenvalue weighted by Gasteiger charge is 2.17. The van der Waals surface area contributed by atoms with E-state index in [0.717, 1.165) is 32.1 Å². The Morgan fingerprint density at radius 2 is 0.976 bits per heavy atom. The molecule has 0 saturated carbocycles. The quantitative estimate of drug-likeness (QED) is 0.0540. The van der Waals surface area contributed by atoms with E-state index < -0.39 is 12.1 Å². The predicted molar refractivity (Wildman–Crippen MR) is 184 cm³/mol. The normalized spacial score (nSPS) is 13.5. The average molecular weight is 590 g/mol. The first-order valence-electron chi connectivity index (χ1n) is 18.2. The highest BCUT2D eigenvalue weighted by Crippen LogP contribution is 2.14. The summed E-state index contributed by atoms with van der Waals surface area (Å²) >= 11 is 0. The van der Waals surface area contributed by atoms with Gasteiger partial charge in [0.05, 0.1) is 18.8 Å². The van der Waals surface area contributed by atoms with Crippen LogP contribution in [0.15, 0.2) is 36.5 Å². The Kier molecular flexibility index (Phi) is 33.0. The minimum absolute atomic E-state index is 0.0737. The smallest absolute Gasteiger partial charge is 0.220 e. The van der Waals surface area contributed by atoms with Crippen LogP contribution in [0.25, 0.3) is 0 Å². The molecule has 0 fully saturated rings. The van der Waals surface area contributed by atoms with Crippen LogP contribution in [0.2, 0.25) is 0 Å². The molecule has 0 radical (unpaired) electrons. The number of rotatable bonds is 32. The van der Waals surface area contributed by atoms with Gasteiger partial charge in [0.25, 0.3) is 0 Å². The van der Waals surface area contributed by atoms with Crippen molar-refractivity contribution in [2.75, 3.05) is 6.61 Å². The van der Waals surface area contributed by atoms with E-state index in [1.54, 1.807) is 6.08 Å². The summed E-state index contributed by atoms with van der Waals surface area (Å²) in [4.78, 5) is 12.2. The third-order valence-corrected chi connectivity index (χ3v) is 8.12. The van der Waals surface area contributed by atoms with Crippen LogP contribution in [0.5, 0.6) is 0 Å². The SMILES string of the molecule is CCCCC/C=C/C(O)C(CO)NC(=O)CCCCCCCCCCCCCCC/C=C\C/C=C\CCCCCCC. The number of amides is 1. The van der Waals surface area contributed by atoms with Crippen molar-refractivity contribution >= 4 is 5.91 Å². The first-order chi connectivity index (χ1) is 20.7. The van der Waals surface area contributed by atoms with Gasteiger partial charge >= 0.3 is 0 Å². The van der Waals surface area contributed by atoms with E-state index in [2.05, 4.69) is 43.5 Å². The lowest BCUT2D eigenvalue weighted by molar-refractivity contribution is -0.123. The molecule has 2 unspecified atom stereocenters. The second-order valence-electron chi connectivity index (χ2n) is 12.3. The van der Waals surface area contributed by atoms with E-state index in [9.17, 15) is 15.0 Å². The van der Waals surface area contributed by atoms with Crippen molar-refractivity contribution in [3.63, 3.8) is 0 Å². The van der Waals surface area contributed by atoms with Gasteiger partial charge in [-0.15, -0.1) is 0 Å². The molecule has 0 saturated heterocycles. The average Bonchev–Trinajstić information content (AvgIpc) is 2.99. The predicted octanol–water partition coefficient (Wildman–Crippen LogP) is 10.7. The first-order valence-corrected chi connectivity index (χ1v) is 18.2. The summed E-state index contributed by atoms with van der Waals surface area (Å²) in [6.45, 7) is 4.19. The van der Waals surface area contributed by atoms with E-state index >= 15 is 0 Å². The Morgan fingerprint density at radius 3 is 1.48 bits per heavy atom. The summed E-state index contributed by atoms with van der Waals surface area (Å²) in [5, 5.41) is 22.5. The number of allylic oxidation sites excluding steroid dienone is 5. The number of hydrogen-bond acceptors (Lipinski definition) is 3. The lowest BCUT2D eigenvalue weighted by Crippen LogP contribution is -2.45. The van der Waals surface area contributed by atoms with Crippen LogP contribution in [-0.2, 0) is 4.79 Å². The Morgan fingerprint density at radius 1 is 0.571 bits per heavy atom. The summed E-state index contributed by atoms with van der Waals surface area (Å²) < 4.78 is 0. The third-order valence-electron chi connectivity index (χ3n) is 8.12. The Labute approximate surface area is 261 Å². The van der Waals surface area contributed by atoms with Crippen molar-refractivity contribution in [2.45, 2.75) is 193 Å². The van der Waals surface area contributed by atoms with Gasteiger partial charge in [0.1, 0.15) is 0 Å². The standard InChI is InChI=1S/C38H71NO3/c1-3-5-7-9-10-11-12-13-14-15-16-17-18-19-20-21-22-23-24-25-26-27-28-30-32-34-38(42)39-36(35-40)37(41)33-31-29-8-6-4-2/h12-13,15-16,31,33,36-37,40-41H,3-11,14,17-30,32,34-35H2,1-2H3,(H,39,42)/b13-12-,16-15-,33-31+. The fraction of sp³-hybridized carbons (Fsp3) is 0.816. The van der Waals surface area contributed by atoms with Crippen LogP contribution in [0.1, 0.15) is 181 Å². The maximum atomic E-state index is 12.2. The van der Waals surface area contributed by atoms with Crippen LogP contribution in [0.3, 0.4) is 0 Å². The number of aliphatic hydroxyl groups is 2. The zero-order valence-corrected chi connectivity index (χ0v) is 28.0. The van der Waals surface area contributed by atoms with E-state index in [1.807, 2.05) is 6.08 Å². The van der Waals surface area contributed by atoms with Crippen molar-refractivity contribution in [1.29, 1.82) is 0 Å². The van der Waals surface area contributed by atoms with Gasteiger partial charge in [-0.05, 0) is 51.4 Å².